The van der Waals surface area contributed by atoms with Gasteiger partial charge in [0.1, 0.15) is 18.0 Å². The maximum atomic E-state index is 13.2. The topological polar surface area (TPSA) is 101 Å². The van der Waals surface area contributed by atoms with Crippen molar-refractivity contribution < 1.29 is 23.9 Å². The van der Waals surface area contributed by atoms with Crippen molar-refractivity contribution in [3.05, 3.63) is 46.8 Å². The summed E-state index contributed by atoms with van der Waals surface area (Å²) >= 11 is 0. The molecule has 162 valence electrons. The minimum atomic E-state index is -0.473. The Bertz CT molecular complexity index is 919. The second kappa shape index (κ2) is 10.5. The predicted molar refractivity (Wildman–Crippen MR) is 114 cm³/mol. The first-order valence-corrected chi connectivity index (χ1v) is 9.92. The molecule has 1 aromatic heterocycles. The van der Waals surface area contributed by atoms with Crippen molar-refractivity contribution in [1.82, 2.24) is 9.88 Å². The summed E-state index contributed by atoms with van der Waals surface area (Å²) in [6.07, 6.45) is 0.678. The zero-order valence-corrected chi connectivity index (χ0v) is 18.1. The van der Waals surface area contributed by atoms with E-state index in [-0.39, 0.29) is 30.7 Å². The van der Waals surface area contributed by atoms with Crippen molar-refractivity contribution in [1.29, 1.82) is 0 Å². The number of carbonyl (C=O) groups excluding carboxylic acids is 3. The number of aromatic amines is 1. The highest BCUT2D eigenvalue weighted by molar-refractivity contribution is 6.02. The largest absolute Gasteiger partial charge is 0.495 e. The van der Waals surface area contributed by atoms with Gasteiger partial charge in [-0.1, -0.05) is 19.1 Å². The van der Waals surface area contributed by atoms with Gasteiger partial charge in [0.05, 0.1) is 25.0 Å². The Morgan fingerprint density at radius 2 is 1.83 bits per heavy atom. The number of benzene rings is 1. The summed E-state index contributed by atoms with van der Waals surface area (Å²) in [4.78, 5) is 42.4. The molecule has 0 fully saturated rings. The number of methoxy groups -OCH3 is 1. The summed E-state index contributed by atoms with van der Waals surface area (Å²) < 4.78 is 10.3. The zero-order valence-electron chi connectivity index (χ0n) is 18.1. The van der Waals surface area contributed by atoms with Gasteiger partial charge in [-0.3, -0.25) is 9.59 Å². The number of hydrogen-bond acceptors (Lipinski definition) is 5. The van der Waals surface area contributed by atoms with E-state index in [4.69, 9.17) is 9.47 Å². The number of aryl methyl sites for hydroxylation is 1. The van der Waals surface area contributed by atoms with E-state index in [2.05, 4.69) is 10.3 Å². The summed E-state index contributed by atoms with van der Waals surface area (Å²) in [5.74, 6) is -0.621. The van der Waals surface area contributed by atoms with Crippen LogP contribution in [0.5, 0.6) is 5.75 Å². The molecule has 0 aliphatic rings. The van der Waals surface area contributed by atoms with Gasteiger partial charge < -0.3 is 24.7 Å². The van der Waals surface area contributed by atoms with E-state index in [9.17, 15) is 14.4 Å². The normalized spacial score (nSPS) is 10.4. The molecule has 0 aliphatic heterocycles. The first-order chi connectivity index (χ1) is 14.3. The second-order valence-corrected chi connectivity index (χ2v) is 6.82. The van der Waals surface area contributed by atoms with Crippen molar-refractivity contribution >= 4 is 23.5 Å². The Kier molecular flexibility index (Phi) is 8.03. The second-order valence-electron chi connectivity index (χ2n) is 6.82. The minimum absolute atomic E-state index is 0.128. The number of nitrogens with one attached hydrogen (secondary N) is 2. The standard InChI is InChI=1S/C22H29N3O5/c1-6-12-25(13-18(26)24-16-10-8-9-11-17(16)29-5)21(27)20-14(3)19(15(4)23-20)22(28)30-7-2/h8-11,23H,6-7,12-13H2,1-5H3,(H,24,26). The van der Waals surface area contributed by atoms with Crippen LogP contribution in [-0.4, -0.2) is 54.5 Å². The number of anilines is 1. The van der Waals surface area contributed by atoms with Gasteiger partial charge in [-0.15, -0.1) is 0 Å². The lowest BCUT2D eigenvalue weighted by Crippen LogP contribution is -2.39. The molecule has 8 nitrogen and oxygen atoms in total. The van der Waals surface area contributed by atoms with Gasteiger partial charge in [0.25, 0.3) is 5.91 Å². The number of ether oxygens (including phenoxy) is 2. The maximum Gasteiger partial charge on any atom is 0.340 e. The van der Waals surface area contributed by atoms with Gasteiger partial charge in [-0.2, -0.15) is 0 Å². The fourth-order valence-electron chi connectivity index (χ4n) is 3.26. The number of H-pyrrole nitrogens is 1. The molecule has 0 atom stereocenters. The fraction of sp³-hybridized carbons (Fsp3) is 0.409. The first-order valence-electron chi connectivity index (χ1n) is 9.92. The van der Waals surface area contributed by atoms with E-state index in [0.717, 1.165) is 0 Å². The van der Waals surface area contributed by atoms with Crippen LogP contribution < -0.4 is 10.1 Å². The third kappa shape index (κ3) is 5.20. The molecule has 0 saturated carbocycles. The van der Waals surface area contributed by atoms with Crippen LogP contribution >= 0.6 is 0 Å². The summed E-state index contributed by atoms with van der Waals surface area (Å²) in [5.41, 5.74) is 2.25. The molecule has 0 spiro atoms. The number of aromatic nitrogens is 1. The molecule has 1 heterocycles. The Morgan fingerprint density at radius 3 is 2.47 bits per heavy atom. The minimum Gasteiger partial charge on any atom is -0.495 e. The zero-order chi connectivity index (χ0) is 22.3. The van der Waals surface area contributed by atoms with Crippen LogP contribution in [0.15, 0.2) is 24.3 Å². The number of amides is 2. The van der Waals surface area contributed by atoms with Crippen molar-refractivity contribution in [2.75, 3.05) is 32.1 Å². The first kappa shape index (κ1) is 23.0. The van der Waals surface area contributed by atoms with Crippen LogP contribution in [0.2, 0.25) is 0 Å². The molecule has 2 rings (SSSR count). The molecule has 8 heteroatoms. The number of carbonyl (C=O) groups is 3. The summed E-state index contributed by atoms with van der Waals surface area (Å²) in [6.45, 7) is 7.58. The number of hydrogen-bond donors (Lipinski definition) is 2. The van der Waals surface area contributed by atoms with Crippen LogP contribution in [0.25, 0.3) is 0 Å². The van der Waals surface area contributed by atoms with Crippen molar-refractivity contribution in [2.45, 2.75) is 34.1 Å². The molecule has 0 aliphatic carbocycles. The van der Waals surface area contributed by atoms with E-state index in [1.807, 2.05) is 6.92 Å². The molecule has 0 unspecified atom stereocenters. The third-order valence-corrected chi connectivity index (χ3v) is 4.63. The lowest BCUT2D eigenvalue weighted by molar-refractivity contribution is -0.116. The Labute approximate surface area is 176 Å². The van der Waals surface area contributed by atoms with Crippen LogP contribution in [0.3, 0.4) is 0 Å². The molecule has 0 saturated heterocycles. The number of para-hydroxylation sites is 2. The highest BCUT2D eigenvalue weighted by Crippen LogP contribution is 2.23. The van der Waals surface area contributed by atoms with Crippen molar-refractivity contribution in [3.8, 4) is 5.75 Å². The molecule has 30 heavy (non-hydrogen) atoms. The monoisotopic (exact) mass is 415 g/mol. The smallest absolute Gasteiger partial charge is 0.340 e. The van der Waals surface area contributed by atoms with Crippen molar-refractivity contribution in [2.24, 2.45) is 0 Å². The number of nitrogens with zero attached hydrogens (tertiary/aromatic N) is 1. The van der Waals surface area contributed by atoms with E-state index in [0.29, 0.717) is 41.2 Å². The molecule has 2 N–H and O–H groups in total. The van der Waals surface area contributed by atoms with Gasteiger partial charge in [-0.25, -0.2) is 4.79 Å². The lowest BCUT2D eigenvalue weighted by atomic mass is 10.1. The quantitative estimate of drug-likeness (QED) is 0.612. The number of rotatable bonds is 9. The van der Waals surface area contributed by atoms with Gasteiger partial charge in [0, 0.05) is 12.2 Å². The van der Waals surface area contributed by atoms with Gasteiger partial charge in [-0.05, 0) is 44.9 Å². The summed E-state index contributed by atoms with van der Waals surface area (Å²) in [5, 5.41) is 2.78. The van der Waals surface area contributed by atoms with E-state index in [1.54, 1.807) is 45.0 Å². The average Bonchev–Trinajstić information content (AvgIpc) is 3.01. The summed E-state index contributed by atoms with van der Waals surface area (Å²) in [7, 11) is 1.52. The Hall–Kier alpha value is -3.29. The van der Waals surface area contributed by atoms with Crippen molar-refractivity contribution in [3.63, 3.8) is 0 Å². The molecular formula is C22H29N3O5. The summed E-state index contributed by atoms with van der Waals surface area (Å²) in [6, 6.07) is 7.06. The molecule has 0 bridgehead atoms. The molecule has 2 amide bonds. The Morgan fingerprint density at radius 1 is 1.13 bits per heavy atom. The highest BCUT2D eigenvalue weighted by Gasteiger charge is 2.27. The molecule has 0 radical (unpaired) electrons. The molecule has 1 aromatic carbocycles. The number of esters is 1. The molecular weight excluding hydrogens is 386 g/mol. The van der Waals surface area contributed by atoms with E-state index >= 15 is 0 Å². The van der Waals surface area contributed by atoms with Crippen LogP contribution in [-0.2, 0) is 9.53 Å². The van der Waals surface area contributed by atoms with Crippen LogP contribution in [0, 0.1) is 13.8 Å². The van der Waals surface area contributed by atoms with E-state index in [1.165, 1.54) is 12.0 Å². The fourth-order valence-corrected chi connectivity index (χ4v) is 3.26. The van der Waals surface area contributed by atoms with Crippen LogP contribution in [0.4, 0.5) is 5.69 Å². The average molecular weight is 415 g/mol. The van der Waals surface area contributed by atoms with Crippen LogP contribution in [0.1, 0.15) is 52.4 Å². The van der Waals surface area contributed by atoms with Gasteiger partial charge in [0.15, 0.2) is 0 Å². The molecule has 2 aromatic rings. The predicted octanol–water partition coefficient (Wildman–Crippen LogP) is 3.31. The lowest BCUT2D eigenvalue weighted by Gasteiger charge is -2.22. The SMILES string of the molecule is CCCN(CC(=O)Nc1ccccc1OC)C(=O)c1[nH]c(C)c(C(=O)OCC)c1C. The third-order valence-electron chi connectivity index (χ3n) is 4.63. The highest BCUT2D eigenvalue weighted by atomic mass is 16.5. The Balaban J connectivity index is 2.21. The maximum absolute atomic E-state index is 13.2. The van der Waals surface area contributed by atoms with Gasteiger partial charge >= 0.3 is 5.97 Å². The van der Waals surface area contributed by atoms with Gasteiger partial charge in [0.2, 0.25) is 5.91 Å². The van der Waals surface area contributed by atoms with E-state index < -0.39 is 5.97 Å².